The van der Waals surface area contributed by atoms with Crippen molar-refractivity contribution in [3.8, 4) is 11.5 Å². The highest BCUT2D eigenvalue weighted by molar-refractivity contribution is 9.10. The highest BCUT2D eigenvalue weighted by atomic mass is 79.9. The van der Waals surface area contributed by atoms with E-state index in [-0.39, 0.29) is 0 Å². The number of nitrogens with zero attached hydrogens (tertiary/aromatic N) is 2. The molecule has 1 aromatic carbocycles. The molecule has 0 aliphatic carbocycles. The quantitative estimate of drug-likeness (QED) is 0.920. The monoisotopic (exact) mass is 330 g/mol. The molecule has 1 heterocycles. The molecule has 0 aliphatic rings. The Morgan fingerprint density at radius 1 is 1.44 bits per heavy atom. The topological polar surface area (TPSA) is 59.2 Å². The van der Waals surface area contributed by atoms with Crippen molar-refractivity contribution in [2.24, 2.45) is 0 Å². The number of rotatable bonds is 4. The van der Waals surface area contributed by atoms with Gasteiger partial charge in [0.05, 0.1) is 0 Å². The number of benzene rings is 1. The van der Waals surface area contributed by atoms with Crippen LogP contribution in [-0.4, -0.2) is 15.2 Å². The van der Waals surface area contributed by atoms with Crippen LogP contribution in [0.3, 0.4) is 0 Å². The van der Waals surface area contributed by atoms with Crippen LogP contribution in [-0.2, 0) is 0 Å². The van der Waals surface area contributed by atoms with Crippen LogP contribution in [0.1, 0.15) is 31.7 Å². The number of aliphatic hydroxyl groups is 1. The van der Waals surface area contributed by atoms with Gasteiger partial charge in [0.15, 0.2) is 0 Å². The minimum atomic E-state index is -0.685. The third kappa shape index (κ3) is 3.10. The molecule has 1 N–H and O–H groups in total. The van der Waals surface area contributed by atoms with Crippen molar-refractivity contribution in [3.63, 3.8) is 0 Å². The van der Waals surface area contributed by atoms with Crippen molar-refractivity contribution < 1.29 is 9.63 Å². The third-order valence-electron chi connectivity index (χ3n) is 2.41. The van der Waals surface area contributed by atoms with Gasteiger partial charge < -0.3 is 9.63 Å². The molecule has 0 saturated heterocycles. The lowest BCUT2D eigenvalue weighted by atomic mass is 10.2. The van der Waals surface area contributed by atoms with Crippen molar-refractivity contribution in [1.29, 1.82) is 0 Å². The van der Waals surface area contributed by atoms with Crippen molar-refractivity contribution in [2.75, 3.05) is 0 Å². The van der Waals surface area contributed by atoms with Crippen molar-refractivity contribution in [3.05, 3.63) is 33.5 Å². The second-order valence-corrected chi connectivity index (χ2v) is 5.27. The van der Waals surface area contributed by atoms with E-state index in [4.69, 9.17) is 16.1 Å². The highest BCUT2D eigenvalue weighted by Gasteiger charge is 2.16. The molecule has 0 amide bonds. The molecule has 0 saturated carbocycles. The van der Waals surface area contributed by atoms with Gasteiger partial charge in [0.2, 0.25) is 5.82 Å². The van der Waals surface area contributed by atoms with Gasteiger partial charge in [-0.1, -0.05) is 46.0 Å². The van der Waals surface area contributed by atoms with Gasteiger partial charge in [-0.2, -0.15) is 4.98 Å². The maximum absolute atomic E-state index is 9.77. The van der Waals surface area contributed by atoms with E-state index in [0.29, 0.717) is 23.2 Å². The van der Waals surface area contributed by atoms with E-state index in [0.717, 1.165) is 16.5 Å². The molecular formula is C12H12BrClN2O2. The highest BCUT2D eigenvalue weighted by Crippen LogP contribution is 2.27. The fourth-order valence-electron chi connectivity index (χ4n) is 1.57. The molecule has 1 aromatic heterocycles. The van der Waals surface area contributed by atoms with Gasteiger partial charge in [0.1, 0.15) is 6.10 Å². The average molecular weight is 332 g/mol. The Morgan fingerprint density at radius 3 is 2.89 bits per heavy atom. The summed E-state index contributed by atoms with van der Waals surface area (Å²) in [5, 5.41) is 14.1. The summed E-state index contributed by atoms with van der Waals surface area (Å²) < 4.78 is 5.96. The molecule has 6 heteroatoms. The van der Waals surface area contributed by atoms with Crippen molar-refractivity contribution in [2.45, 2.75) is 25.9 Å². The van der Waals surface area contributed by atoms with E-state index in [2.05, 4.69) is 26.1 Å². The molecule has 0 radical (unpaired) electrons. The molecule has 2 aromatic rings. The van der Waals surface area contributed by atoms with Crippen LogP contribution in [0.4, 0.5) is 0 Å². The Kier molecular flexibility index (Phi) is 4.37. The van der Waals surface area contributed by atoms with Crippen LogP contribution >= 0.6 is 27.5 Å². The maximum atomic E-state index is 9.77. The minimum absolute atomic E-state index is 0.308. The summed E-state index contributed by atoms with van der Waals surface area (Å²) in [6, 6.07) is 5.33. The summed E-state index contributed by atoms with van der Waals surface area (Å²) in [6.45, 7) is 1.98. The maximum Gasteiger partial charge on any atom is 0.258 e. The van der Waals surface area contributed by atoms with Crippen LogP contribution in [0.2, 0.25) is 5.02 Å². The molecule has 0 aliphatic heterocycles. The fraction of sp³-hybridized carbons (Fsp3) is 0.333. The smallest absolute Gasteiger partial charge is 0.258 e. The molecule has 0 spiro atoms. The molecule has 18 heavy (non-hydrogen) atoms. The van der Waals surface area contributed by atoms with Gasteiger partial charge in [0.25, 0.3) is 5.89 Å². The zero-order valence-corrected chi connectivity index (χ0v) is 12.1. The predicted octanol–water partition coefficient (Wildman–Crippen LogP) is 3.99. The first-order valence-electron chi connectivity index (χ1n) is 5.58. The van der Waals surface area contributed by atoms with Gasteiger partial charge >= 0.3 is 0 Å². The van der Waals surface area contributed by atoms with Gasteiger partial charge in [-0.3, -0.25) is 0 Å². The first-order valence-corrected chi connectivity index (χ1v) is 6.75. The molecule has 96 valence electrons. The summed E-state index contributed by atoms with van der Waals surface area (Å²) in [4.78, 5) is 4.17. The number of aliphatic hydroxyl groups excluding tert-OH is 1. The second kappa shape index (κ2) is 5.82. The van der Waals surface area contributed by atoms with Gasteiger partial charge in [-0.15, -0.1) is 0 Å². The zero-order chi connectivity index (χ0) is 13.1. The van der Waals surface area contributed by atoms with Gasteiger partial charge in [0, 0.05) is 15.1 Å². The van der Waals surface area contributed by atoms with Crippen LogP contribution in [0.15, 0.2) is 27.2 Å². The van der Waals surface area contributed by atoms with E-state index in [1.54, 1.807) is 12.1 Å². The summed E-state index contributed by atoms with van der Waals surface area (Å²) >= 11 is 9.30. The number of halogens is 2. The molecule has 1 atom stereocenters. The van der Waals surface area contributed by atoms with E-state index in [1.165, 1.54) is 0 Å². The van der Waals surface area contributed by atoms with Crippen LogP contribution in [0.25, 0.3) is 11.5 Å². The Morgan fingerprint density at radius 2 is 2.22 bits per heavy atom. The minimum Gasteiger partial charge on any atom is -0.385 e. The normalized spacial score (nSPS) is 12.7. The number of aromatic nitrogens is 2. The Hall–Kier alpha value is -0.910. The van der Waals surface area contributed by atoms with Crippen molar-refractivity contribution in [1.82, 2.24) is 10.1 Å². The fourth-order valence-corrected chi connectivity index (χ4v) is 2.43. The second-order valence-electron chi connectivity index (χ2n) is 3.92. The standard InChI is InChI=1S/C12H12BrClN2O2/c1-2-3-10(17)11-15-12(18-16-11)7-4-8(13)6-9(14)5-7/h4-6,10,17H,2-3H2,1H3. The van der Waals surface area contributed by atoms with E-state index < -0.39 is 6.10 Å². The molecule has 0 fully saturated rings. The summed E-state index contributed by atoms with van der Waals surface area (Å²) in [5.41, 5.74) is 0.719. The zero-order valence-electron chi connectivity index (χ0n) is 9.73. The summed E-state index contributed by atoms with van der Waals surface area (Å²) in [6.07, 6.45) is 0.779. The number of hydrogen-bond acceptors (Lipinski definition) is 4. The predicted molar refractivity (Wildman–Crippen MR) is 72.3 cm³/mol. The third-order valence-corrected chi connectivity index (χ3v) is 3.09. The Bertz CT molecular complexity index is 524. The molecule has 2 rings (SSSR count). The summed E-state index contributed by atoms with van der Waals surface area (Å²) in [5.74, 6) is 0.659. The van der Waals surface area contributed by atoms with E-state index in [1.807, 2.05) is 13.0 Å². The first-order chi connectivity index (χ1) is 8.60. The van der Waals surface area contributed by atoms with Crippen LogP contribution < -0.4 is 0 Å². The largest absolute Gasteiger partial charge is 0.385 e. The Balaban J connectivity index is 2.29. The lowest BCUT2D eigenvalue weighted by molar-refractivity contribution is 0.153. The lowest BCUT2D eigenvalue weighted by Crippen LogP contribution is -1.98. The average Bonchev–Trinajstić information content (AvgIpc) is 2.77. The number of hydrogen-bond donors (Lipinski definition) is 1. The van der Waals surface area contributed by atoms with E-state index in [9.17, 15) is 5.11 Å². The Labute approximate surface area is 118 Å². The molecule has 1 unspecified atom stereocenters. The molecule has 0 bridgehead atoms. The first kappa shape index (κ1) is 13.5. The van der Waals surface area contributed by atoms with Gasteiger partial charge in [-0.05, 0) is 24.6 Å². The van der Waals surface area contributed by atoms with Gasteiger partial charge in [-0.25, -0.2) is 0 Å². The molecular weight excluding hydrogens is 320 g/mol. The van der Waals surface area contributed by atoms with Crippen molar-refractivity contribution >= 4 is 27.5 Å². The van der Waals surface area contributed by atoms with Crippen LogP contribution in [0.5, 0.6) is 0 Å². The summed E-state index contributed by atoms with van der Waals surface area (Å²) in [7, 11) is 0. The van der Waals surface area contributed by atoms with E-state index >= 15 is 0 Å². The SMILES string of the molecule is CCCC(O)c1noc(-c2cc(Cl)cc(Br)c2)n1. The van der Waals surface area contributed by atoms with Crippen LogP contribution in [0, 0.1) is 0 Å². The molecule has 4 nitrogen and oxygen atoms in total. The lowest BCUT2D eigenvalue weighted by Gasteiger charge is -2.01.